The zero-order valence-corrected chi connectivity index (χ0v) is 10.2. The Morgan fingerprint density at radius 3 is 2.94 bits per heavy atom. The van der Waals surface area contributed by atoms with Gasteiger partial charge in [-0.05, 0) is 25.8 Å². The summed E-state index contributed by atoms with van der Waals surface area (Å²) in [6.07, 6.45) is 4.20. The first-order chi connectivity index (χ1) is 8.16. The minimum Gasteiger partial charge on any atom is -0.343 e. The van der Waals surface area contributed by atoms with Gasteiger partial charge in [-0.2, -0.15) is 4.98 Å². The van der Waals surface area contributed by atoms with Crippen LogP contribution in [0.15, 0.2) is 10.9 Å². The topological polar surface area (TPSA) is 97.1 Å². The van der Waals surface area contributed by atoms with Crippen LogP contribution in [0.2, 0.25) is 0 Å². The molecular formula is C9H16N4O3S. The van der Waals surface area contributed by atoms with Crippen LogP contribution in [-0.4, -0.2) is 36.9 Å². The van der Waals surface area contributed by atoms with Crippen molar-refractivity contribution in [1.82, 2.24) is 20.2 Å². The lowest BCUT2D eigenvalue weighted by molar-refractivity contribution is 0.409. The molecule has 0 aliphatic heterocycles. The first-order valence-electron chi connectivity index (χ1n) is 5.62. The molecule has 1 aliphatic rings. The Morgan fingerprint density at radius 1 is 1.47 bits per heavy atom. The van der Waals surface area contributed by atoms with Crippen molar-refractivity contribution in [2.45, 2.75) is 31.8 Å². The standard InChI is InChI=1S/C9H16N4O3S/c14-17(15,5-1-4-10-8-2-3-8)12-6-9-11-7-16-13-9/h7-8,10,12H,1-6H2. The van der Waals surface area contributed by atoms with E-state index in [2.05, 4.69) is 24.7 Å². The van der Waals surface area contributed by atoms with Crippen molar-refractivity contribution in [1.29, 1.82) is 0 Å². The number of nitrogens with zero attached hydrogens (tertiary/aromatic N) is 2. The van der Waals surface area contributed by atoms with Crippen LogP contribution >= 0.6 is 0 Å². The fourth-order valence-electron chi connectivity index (χ4n) is 1.37. The highest BCUT2D eigenvalue weighted by Gasteiger charge is 2.20. The van der Waals surface area contributed by atoms with Crippen LogP contribution in [0.5, 0.6) is 0 Å². The molecule has 0 bridgehead atoms. The summed E-state index contributed by atoms with van der Waals surface area (Å²) < 4.78 is 30.1. The SMILES string of the molecule is O=S(=O)(CCCNC1CC1)NCc1ncon1. The second-order valence-corrected chi connectivity index (χ2v) is 6.00. The van der Waals surface area contributed by atoms with E-state index in [1.807, 2.05) is 0 Å². The smallest absolute Gasteiger partial charge is 0.213 e. The molecule has 0 atom stereocenters. The van der Waals surface area contributed by atoms with Gasteiger partial charge in [-0.15, -0.1) is 0 Å². The molecule has 96 valence electrons. The highest BCUT2D eigenvalue weighted by molar-refractivity contribution is 7.89. The predicted octanol–water partition coefficient (Wildman–Crippen LogP) is -0.369. The van der Waals surface area contributed by atoms with Crippen LogP contribution in [0.3, 0.4) is 0 Å². The van der Waals surface area contributed by atoms with Crippen LogP contribution in [-0.2, 0) is 16.6 Å². The van der Waals surface area contributed by atoms with Gasteiger partial charge in [-0.3, -0.25) is 0 Å². The first-order valence-corrected chi connectivity index (χ1v) is 7.27. The van der Waals surface area contributed by atoms with E-state index in [0.717, 1.165) is 6.54 Å². The summed E-state index contributed by atoms with van der Waals surface area (Å²) in [5, 5.41) is 6.79. The molecule has 0 radical (unpaired) electrons. The minimum atomic E-state index is -3.25. The normalized spacial score (nSPS) is 16.2. The van der Waals surface area contributed by atoms with E-state index < -0.39 is 10.0 Å². The molecule has 0 amide bonds. The summed E-state index contributed by atoms with van der Waals surface area (Å²) in [6.45, 7) is 0.822. The summed E-state index contributed by atoms with van der Waals surface area (Å²) >= 11 is 0. The Labute approximate surface area is 100 Å². The molecule has 0 aromatic carbocycles. The first kappa shape index (κ1) is 12.5. The molecule has 8 heteroatoms. The molecule has 17 heavy (non-hydrogen) atoms. The Kier molecular flexibility index (Phi) is 4.08. The Morgan fingerprint density at radius 2 is 2.29 bits per heavy atom. The van der Waals surface area contributed by atoms with Gasteiger partial charge < -0.3 is 9.84 Å². The second kappa shape index (κ2) is 5.56. The van der Waals surface area contributed by atoms with Gasteiger partial charge in [0.1, 0.15) is 0 Å². The summed E-state index contributed by atoms with van der Waals surface area (Å²) in [5.41, 5.74) is 0. The van der Waals surface area contributed by atoms with E-state index in [-0.39, 0.29) is 12.3 Å². The van der Waals surface area contributed by atoms with Gasteiger partial charge in [0.15, 0.2) is 5.82 Å². The van der Waals surface area contributed by atoms with Gasteiger partial charge in [-0.25, -0.2) is 13.1 Å². The number of hydrogen-bond donors (Lipinski definition) is 2. The minimum absolute atomic E-state index is 0.0783. The van der Waals surface area contributed by atoms with E-state index in [0.29, 0.717) is 18.3 Å². The molecule has 1 saturated carbocycles. The van der Waals surface area contributed by atoms with Crippen molar-refractivity contribution in [2.75, 3.05) is 12.3 Å². The van der Waals surface area contributed by atoms with Crippen molar-refractivity contribution in [3.8, 4) is 0 Å². The average Bonchev–Trinajstić information content (AvgIpc) is 2.96. The maximum atomic E-state index is 11.6. The molecule has 2 rings (SSSR count). The number of rotatable bonds is 8. The second-order valence-electron chi connectivity index (χ2n) is 4.07. The van der Waals surface area contributed by atoms with Crippen molar-refractivity contribution in [3.63, 3.8) is 0 Å². The Hall–Kier alpha value is -0.990. The maximum absolute atomic E-state index is 11.6. The summed E-state index contributed by atoms with van der Waals surface area (Å²) in [5.74, 6) is 0.453. The van der Waals surface area contributed by atoms with Crippen molar-refractivity contribution in [3.05, 3.63) is 12.2 Å². The van der Waals surface area contributed by atoms with E-state index in [1.165, 1.54) is 19.2 Å². The van der Waals surface area contributed by atoms with E-state index in [9.17, 15) is 8.42 Å². The monoisotopic (exact) mass is 260 g/mol. The third kappa shape index (κ3) is 4.80. The lowest BCUT2D eigenvalue weighted by atomic mass is 10.5. The molecule has 1 fully saturated rings. The average molecular weight is 260 g/mol. The maximum Gasteiger partial charge on any atom is 0.213 e. The molecule has 1 aromatic rings. The van der Waals surface area contributed by atoms with Crippen LogP contribution in [0.1, 0.15) is 25.1 Å². The van der Waals surface area contributed by atoms with Crippen LogP contribution in [0.4, 0.5) is 0 Å². The van der Waals surface area contributed by atoms with E-state index >= 15 is 0 Å². The summed E-state index contributed by atoms with van der Waals surface area (Å²) in [7, 11) is -3.25. The highest BCUT2D eigenvalue weighted by Crippen LogP contribution is 2.18. The lowest BCUT2D eigenvalue weighted by Crippen LogP contribution is -2.28. The van der Waals surface area contributed by atoms with Crippen LogP contribution < -0.4 is 10.0 Å². The molecule has 7 nitrogen and oxygen atoms in total. The van der Waals surface area contributed by atoms with Crippen molar-refractivity contribution < 1.29 is 12.9 Å². The Bertz CT molecular complexity index is 427. The molecule has 0 saturated heterocycles. The van der Waals surface area contributed by atoms with Crippen molar-refractivity contribution in [2.24, 2.45) is 0 Å². The van der Waals surface area contributed by atoms with Crippen molar-refractivity contribution >= 4 is 10.0 Å². The van der Waals surface area contributed by atoms with E-state index in [4.69, 9.17) is 0 Å². The predicted molar refractivity (Wildman–Crippen MR) is 60.6 cm³/mol. The molecule has 1 aliphatic carbocycles. The third-order valence-electron chi connectivity index (χ3n) is 2.46. The fourth-order valence-corrected chi connectivity index (χ4v) is 2.39. The molecule has 0 unspecified atom stereocenters. The molecular weight excluding hydrogens is 244 g/mol. The largest absolute Gasteiger partial charge is 0.343 e. The fraction of sp³-hybridized carbons (Fsp3) is 0.778. The van der Waals surface area contributed by atoms with Gasteiger partial charge in [0.25, 0.3) is 0 Å². The lowest BCUT2D eigenvalue weighted by Gasteiger charge is -2.05. The van der Waals surface area contributed by atoms with Gasteiger partial charge >= 0.3 is 0 Å². The molecule has 2 N–H and O–H groups in total. The summed E-state index contributed by atoms with van der Waals surface area (Å²) in [4.78, 5) is 3.73. The van der Waals surface area contributed by atoms with Gasteiger partial charge in [0.05, 0.1) is 12.3 Å². The zero-order valence-electron chi connectivity index (χ0n) is 9.42. The van der Waals surface area contributed by atoms with Gasteiger partial charge in [0, 0.05) is 6.04 Å². The number of hydrogen-bond acceptors (Lipinski definition) is 6. The quantitative estimate of drug-likeness (QED) is 0.619. The number of aromatic nitrogens is 2. The summed E-state index contributed by atoms with van der Waals surface area (Å²) in [6, 6.07) is 0.616. The molecule has 1 heterocycles. The number of sulfonamides is 1. The zero-order chi connectivity index (χ0) is 12.1. The molecule has 0 spiro atoms. The van der Waals surface area contributed by atoms with Crippen LogP contribution in [0, 0.1) is 0 Å². The highest BCUT2D eigenvalue weighted by atomic mass is 32.2. The number of nitrogens with one attached hydrogen (secondary N) is 2. The van der Waals surface area contributed by atoms with Gasteiger partial charge in [-0.1, -0.05) is 5.16 Å². The molecule has 1 aromatic heterocycles. The van der Waals surface area contributed by atoms with Crippen LogP contribution in [0.25, 0.3) is 0 Å². The van der Waals surface area contributed by atoms with Gasteiger partial charge in [0.2, 0.25) is 16.4 Å². The van der Waals surface area contributed by atoms with E-state index in [1.54, 1.807) is 0 Å². The third-order valence-corrected chi connectivity index (χ3v) is 3.87. The Balaban J connectivity index is 1.63.